The van der Waals surface area contributed by atoms with Crippen molar-refractivity contribution >= 4 is 29.7 Å². The molecule has 1 heterocycles. The Morgan fingerprint density at radius 1 is 1.28 bits per heavy atom. The van der Waals surface area contributed by atoms with Gasteiger partial charge in [0, 0.05) is 24.7 Å². The molecule has 7 nitrogen and oxygen atoms in total. The van der Waals surface area contributed by atoms with Crippen LogP contribution in [0.25, 0.3) is 0 Å². The van der Waals surface area contributed by atoms with Crippen LogP contribution in [-0.4, -0.2) is 66.6 Å². The molecule has 160 valence electrons. The van der Waals surface area contributed by atoms with Crippen LogP contribution in [0.4, 0.5) is 4.79 Å². The number of benzene rings is 1. The van der Waals surface area contributed by atoms with E-state index in [-0.39, 0.29) is 23.9 Å². The minimum absolute atomic E-state index is 0.0131. The summed E-state index contributed by atoms with van der Waals surface area (Å²) in [6.45, 7) is 5.17. The van der Waals surface area contributed by atoms with Crippen molar-refractivity contribution in [1.82, 2.24) is 15.5 Å². The molecule has 1 saturated heterocycles. The van der Waals surface area contributed by atoms with Gasteiger partial charge in [-0.15, -0.1) is 0 Å². The maximum Gasteiger partial charge on any atom is 0.409 e. The molecule has 0 aromatic heterocycles. The second-order valence-electron chi connectivity index (χ2n) is 7.15. The molecular weight excluding hydrogens is 390 g/mol. The number of nitrogens with zero attached hydrogens (tertiary/aromatic N) is 1. The van der Waals surface area contributed by atoms with Crippen LogP contribution in [-0.2, 0) is 9.53 Å². The number of hydrogen-bond acceptors (Lipinski definition) is 5. The Kier molecular flexibility index (Phi) is 9.31. The Morgan fingerprint density at radius 3 is 2.62 bits per heavy atom. The average molecular weight is 422 g/mol. The van der Waals surface area contributed by atoms with E-state index in [4.69, 9.17) is 4.74 Å². The zero-order chi connectivity index (χ0) is 21.2. The lowest BCUT2D eigenvalue weighted by atomic mass is 10.0. The van der Waals surface area contributed by atoms with Crippen molar-refractivity contribution in [2.45, 2.75) is 45.2 Å². The molecule has 29 heavy (non-hydrogen) atoms. The lowest BCUT2D eigenvalue weighted by Gasteiger charge is -2.32. The zero-order valence-electron chi connectivity index (χ0n) is 17.4. The van der Waals surface area contributed by atoms with E-state index in [2.05, 4.69) is 10.6 Å². The smallest absolute Gasteiger partial charge is 0.409 e. The maximum atomic E-state index is 12.8. The van der Waals surface area contributed by atoms with Gasteiger partial charge >= 0.3 is 6.09 Å². The third-order valence-corrected chi connectivity index (χ3v) is 5.52. The second-order valence-corrected chi connectivity index (χ2v) is 8.13. The molecule has 0 bridgehead atoms. The van der Waals surface area contributed by atoms with Crippen LogP contribution in [0, 0.1) is 6.92 Å². The van der Waals surface area contributed by atoms with Crippen LogP contribution in [0.5, 0.6) is 0 Å². The van der Waals surface area contributed by atoms with E-state index in [1.165, 1.54) is 0 Å². The van der Waals surface area contributed by atoms with Crippen LogP contribution >= 0.6 is 11.8 Å². The van der Waals surface area contributed by atoms with Crippen molar-refractivity contribution in [2.75, 3.05) is 31.7 Å². The molecule has 0 spiro atoms. The van der Waals surface area contributed by atoms with Gasteiger partial charge in [0.25, 0.3) is 5.91 Å². The number of piperidine rings is 1. The molecule has 3 amide bonds. The number of hydrogen-bond donors (Lipinski definition) is 2. The molecule has 1 fully saturated rings. The largest absolute Gasteiger partial charge is 0.450 e. The molecule has 1 aliphatic rings. The van der Waals surface area contributed by atoms with E-state index >= 15 is 0 Å². The normalized spacial score (nSPS) is 15.5. The summed E-state index contributed by atoms with van der Waals surface area (Å²) in [5.74, 6) is 0.356. The molecule has 1 aliphatic heterocycles. The molecule has 2 N–H and O–H groups in total. The number of thioether (sulfide) groups is 1. The maximum absolute atomic E-state index is 12.8. The Bertz CT molecular complexity index is 705. The Hall–Kier alpha value is -2.22. The van der Waals surface area contributed by atoms with Gasteiger partial charge in [-0.05, 0) is 57.3 Å². The number of carbonyl (C=O) groups is 3. The molecule has 0 aliphatic carbocycles. The van der Waals surface area contributed by atoms with Gasteiger partial charge in [0.1, 0.15) is 6.04 Å². The highest BCUT2D eigenvalue weighted by Gasteiger charge is 2.27. The van der Waals surface area contributed by atoms with Crippen molar-refractivity contribution in [2.24, 2.45) is 0 Å². The third kappa shape index (κ3) is 7.27. The van der Waals surface area contributed by atoms with Crippen LogP contribution in [0.2, 0.25) is 0 Å². The number of carbonyl (C=O) groups excluding carboxylic acids is 3. The summed E-state index contributed by atoms with van der Waals surface area (Å²) in [5, 5.41) is 5.93. The lowest BCUT2D eigenvalue weighted by molar-refractivity contribution is -0.124. The van der Waals surface area contributed by atoms with Crippen LogP contribution < -0.4 is 10.6 Å². The number of aryl methyl sites for hydroxylation is 1. The van der Waals surface area contributed by atoms with Gasteiger partial charge in [-0.2, -0.15) is 11.8 Å². The minimum Gasteiger partial charge on any atom is -0.450 e. The number of rotatable bonds is 8. The Morgan fingerprint density at radius 2 is 2.00 bits per heavy atom. The average Bonchev–Trinajstić information content (AvgIpc) is 2.71. The minimum atomic E-state index is -0.585. The van der Waals surface area contributed by atoms with Crippen molar-refractivity contribution in [3.8, 4) is 0 Å². The standard InChI is InChI=1S/C21H31N3O4S/c1-4-28-21(27)24-11-8-17(9-12-24)22-20(26)18(10-13-29-3)23-19(25)16-7-5-6-15(2)14-16/h5-7,14,17-18H,4,8-13H2,1-3H3,(H,22,26)(H,23,25). The highest BCUT2D eigenvalue weighted by atomic mass is 32.2. The van der Waals surface area contributed by atoms with Crippen LogP contribution in [0.15, 0.2) is 24.3 Å². The molecule has 1 aromatic carbocycles. The van der Waals surface area contributed by atoms with Gasteiger partial charge < -0.3 is 20.3 Å². The van der Waals surface area contributed by atoms with E-state index in [0.717, 1.165) is 11.3 Å². The summed E-state index contributed by atoms with van der Waals surface area (Å²) in [5.41, 5.74) is 1.55. The van der Waals surface area contributed by atoms with Crippen molar-refractivity contribution in [3.63, 3.8) is 0 Å². The number of likely N-dealkylation sites (tertiary alicyclic amines) is 1. The first-order valence-electron chi connectivity index (χ1n) is 10.0. The molecule has 8 heteroatoms. The Labute approximate surface area is 176 Å². The number of ether oxygens (including phenoxy) is 1. The zero-order valence-corrected chi connectivity index (χ0v) is 18.2. The fourth-order valence-corrected chi connectivity index (χ4v) is 3.73. The monoisotopic (exact) mass is 421 g/mol. The topological polar surface area (TPSA) is 87.7 Å². The molecule has 2 rings (SSSR count). The molecular formula is C21H31N3O4S. The SMILES string of the molecule is CCOC(=O)N1CCC(NC(=O)C(CCSC)NC(=O)c2cccc(C)c2)CC1. The molecule has 1 unspecified atom stereocenters. The van der Waals surface area contributed by atoms with Crippen LogP contribution in [0.3, 0.4) is 0 Å². The number of amides is 3. The lowest BCUT2D eigenvalue weighted by Crippen LogP contribution is -2.53. The first-order chi connectivity index (χ1) is 13.9. The predicted molar refractivity (Wildman–Crippen MR) is 115 cm³/mol. The summed E-state index contributed by atoms with van der Waals surface area (Å²) < 4.78 is 5.02. The van der Waals surface area contributed by atoms with Gasteiger partial charge in [-0.25, -0.2) is 4.79 Å². The summed E-state index contributed by atoms with van der Waals surface area (Å²) in [4.78, 5) is 38.9. The summed E-state index contributed by atoms with van der Waals surface area (Å²) in [7, 11) is 0. The van der Waals surface area contributed by atoms with Gasteiger partial charge in [0.15, 0.2) is 0 Å². The Balaban J connectivity index is 1.91. The predicted octanol–water partition coefficient (Wildman–Crippen LogP) is 2.58. The van der Waals surface area contributed by atoms with Crippen molar-refractivity contribution in [3.05, 3.63) is 35.4 Å². The quantitative estimate of drug-likeness (QED) is 0.674. The van der Waals surface area contributed by atoms with Crippen LogP contribution in [0.1, 0.15) is 42.1 Å². The highest BCUT2D eigenvalue weighted by molar-refractivity contribution is 7.98. The summed E-state index contributed by atoms with van der Waals surface area (Å²) >= 11 is 1.64. The fraction of sp³-hybridized carbons (Fsp3) is 0.571. The van der Waals surface area contributed by atoms with E-state index in [9.17, 15) is 14.4 Å². The number of nitrogens with one attached hydrogen (secondary N) is 2. The van der Waals surface area contributed by atoms with E-state index in [1.54, 1.807) is 29.7 Å². The van der Waals surface area contributed by atoms with Gasteiger partial charge in [-0.1, -0.05) is 17.7 Å². The van der Waals surface area contributed by atoms with Gasteiger partial charge in [0.05, 0.1) is 6.61 Å². The van der Waals surface area contributed by atoms with Gasteiger partial charge in [-0.3, -0.25) is 9.59 Å². The van der Waals surface area contributed by atoms with Gasteiger partial charge in [0.2, 0.25) is 5.91 Å². The third-order valence-electron chi connectivity index (χ3n) is 4.88. The first-order valence-corrected chi connectivity index (χ1v) is 11.4. The van der Waals surface area contributed by atoms with Crippen molar-refractivity contribution < 1.29 is 19.1 Å². The second kappa shape index (κ2) is 11.7. The summed E-state index contributed by atoms with van der Waals surface area (Å²) in [6.07, 6.45) is 3.58. The fourth-order valence-electron chi connectivity index (χ4n) is 3.26. The van der Waals surface area contributed by atoms with Crippen molar-refractivity contribution in [1.29, 1.82) is 0 Å². The molecule has 1 atom stereocenters. The van der Waals surface area contributed by atoms with E-state index in [1.807, 2.05) is 31.4 Å². The first kappa shape index (κ1) is 23.1. The molecule has 1 aromatic rings. The molecule has 0 saturated carbocycles. The highest BCUT2D eigenvalue weighted by Crippen LogP contribution is 2.13. The molecule has 0 radical (unpaired) electrons. The summed E-state index contributed by atoms with van der Waals surface area (Å²) in [6, 6.07) is 6.72. The van der Waals surface area contributed by atoms with E-state index in [0.29, 0.717) is 44.5 Å². The van der Waals surface area contributed by atoms with E-state index < -0.39 is 6.04 Å².